The fourth-order valence-corrected chi connectivity index (χ4v) is 0.827. The molecular formula is C8H10N2O2. The summed E-state index contributed by atoms with van der Waals surface area (Å²) in [5.74, 6) is 0. The van der Waals surface area contributed by atoms with E-state index < -0.39 is 5.60 Å². The number of carbonyl (C=O) groups excluding carboxylic acids is 1. The van der Waals surface area contributed by atoms with E-state index in [9.17, 15) is 4.79 Å². The van der Waals surface area contributed by atoms with Crippen LogP contribution in [0.2, 0.25) is 0 Å². The second-order valence-electron chi connectivity index (χ2n) is 2.82. The molecule has 4 heteroatoms. The van der Waals surface area contributed by atoms with Crippen molar-refractivity contribution in [1.82, 2.24) is 9.97 Å². The molecule has 0 atom stereocenters. The molecule has 12 heavy (non-hydrogen) atoms. The fraction of sp³-hybridized carbons (Fsp3) is 0.375. The average Bonchev–Trinajstić information content (AvgIpc) is 2.06. The Morgan fingerprint density at radius 1 is 1.58 bits per heavy atom. The predicted octanol–water partition coefficient (Wildman–Crippen LogP) is 0.885. The molecule has 1 aromatic rings. The molecule has 0 N–H and O–H groups in total. The van der Waals surface area contributed by atoms with Crippen molar-refractivity contribution in [2.75, 3.05) is 0 Å². The second kappa shape index (κ2) is 3.30. The summed E-state index contributed by atoms with van der Waals surface area (Å²) < 4.78 is 4.84. The van der Waals surface area contributed by atoms with Crippen molar-refractivity contribution >= 4 is 6.47 Å². The SMILES string of the molecule is CC(C)(OC=O)c1ccncn1. The van der Waals surface area contributed by atoms with Crippen LogP contribution in [0, 0.1) is 0 Å². The standard InChI is InChI=1S/C8H10N2O2/c1-8(2,12-6-11)7-3-4-9-5-10-7/h3-6H,1-2H3. The molecule has 0 radical (unpaired) electrons. The first kappa shape index (κ1) is 8.64. The number of aromatic nitrogens is 2. The van der Waals surface area contributed by atoms with Gasteiger partial charge in [-0.25, -0.2) is 9.97 Å². The van der Waals surface area contributed by atoms with Crippen LogP contribution in [0.5, 0.6) is 0 Å². The van der Waals surface area contributed by atoms with Gasteiger partial charge in [0, 0.05) is 6.20 Å². The molecule has 0 bridgehead atoms. The van der Waals surface area contributed by atoms with Gasteiger partial charge in [0.15, 0.2) is 0 Å². The van der Waals surface area contributed by atoms with E-state index in [1.807, 2.05) is 0 Å². The molecule has 0 saturated heterocycles. The molecule has 0 aliphatic carbocycles. The minimum atomic E-state index is -0.676. The van der Waals surface area contributed by atoms with Gasteiger partial charge in [0.25, 0.3) is 6.47 Å². The summed E-state index contributed by atoms with van der Waals surface area (Å²) in [6.45, 7) is 3.95. The number of nitrogens with zero attached hydrogens (tertiary/aromatic N) is 2. The Balaban J connectivity index is 2.89. The van der Waals surface area contributed by atoms with Crippen LogP contribution in [0.25, 0.3) is 0 Å². The monoisotopic (exact) mass is 166 g/mol. The van der Waals surface area contributed by atoms with Crippen molar-refractivity contribution < 1.29 is 9.53 Å². The maximum absolute atomic E-state index is 10.1. The molecule has 1 aromatic heterocycles. The third-order valence-corrected chi connectivity index (χ3v) is 1.54. The first-order valence-corrected chi connectivity index (χ1v) is 3.55. The van der Waals surface area contributed by atoms with Crippen LogP contribution >= 0.6 is 0 Å². The van der Waals surface area contributed by atoms with E-state index in [1.165, 1.54) is 6.33 Å². The van der Waals surface area contributed by atoms with Gasteiger partial charge in [-0.15, -0.1) is 0 Å². The molecule has 64 valence electrons. The molecule has 0 unspecified atom stereocenters. The highest BCUT2D eigenvalue weighted by atomic mass is 16.5. The largest absolute Gasteiger partial charge is 0.455 e. The lowest BCUT2D eigenvalue weighted by atomic mass is 10.1. The van der Waals surface area contributed by atoms with E-state index >= 15 is 0 Å². The van der Waals surface area contributed by atoms with Crippen LogP contribution in [-0.4, -0.2) is 16.4 Å². The lowest BCUT2D eigenvalue weighted by Gasteiger charge is -2.20. The van der Waals surface area contributed by atoms with Gasteiger partial charge in [-0.1, -0.05) is 0 Å². The lowest BCUT2D eigenvalue weighted by molar-refractivity contribution is -0.141. The molecule has 1 heterocycles. The van der Waals surface area contributed by atoms with Crippen LogP contribution in [0.1, 0.15) is 19.5 Å². The number of ether oxygens (including phenoxy) is 1. The maximum atomic E-state index is 10.1. The topological polar surface area (TPSA) is 52.1 Å². The molecule has 0 spiro atoms. The van der Waals surface area contributed by atoms with Gasteiger partial charge in [-0.2, -0.15) is 0 Å². The van der Waals surface area contributed by atoms with Gasteiger partial charge < -0.3 is 4.74 Å². The van der Waals surface area contributed by atoms with Crippen molar-refractivity contribution in [2.45, 2.75) is 19.4 Å². The van der Waals surface area contributed by atoms with Gasteiger partial charge in [-0.3, -0.25) is 4.79 Å². The van der Waals surface area contributed by atoms with Crippen LogP contribution in [-0.2, 0) is 15.1 Å². The number of rotatable bonds is 3. The predicted molar refractivity (Wildman–Crippen MR) is 42.2 cm³/mol. The Hall–Kier alpha value is -1.45. The highest BCUT2D eigenvalue weighted by Gasteiger charge is 2.22. The first-order chi connectivity index (χ1) is 5.67. The van der Waals surface area contributed by atoms with Crippen molar-refractivity contribution in [1.29, 1.82) is 0 Å². The van der Waals surface area contributed by atoms with E-state index in [4.69, 9.17) is 4.74 Å². The molecular weight excluding hydrogens is 156 g/mol. The Morgan fingerprint density at radius 3 is 2.83 bits per heavy atom. The van der Waals surface area contributed by atoms with Crippen LogP contribution < -0.4 is 0 Å². The minimum Gasteiger partial charge on any atom is -0.455 e. The molecule has 0 saturated carbocycles. The second-order valence-corrected chi connectivity index (χ2v) is 2.82. The summed E-state index contributed by atoms with van der Waals surface area (Å²) in [5, 5.41) is 0. The summed E-state index contributed by atoms with van der Waals surface area (Å²) in [6, 6.07) is 1.71. The van der Waals surface area contributed by atoms with E-state index in [0.717, 1.165) is 0 Å². The van der Waals surface area contributed by atoms with E-state index in [2.05, 4.69) is 9.97 Å². The maximum Gasteiger partial charge on any atom is 0.294 e. The van der Waals surface area contributed by atoms with Crippen molar-refractivity contribution in [3.63, 3.8) is 0 Å². The summed E-state index contributed by atoms with van der Waals surface area (Å²) in [5.41, 5.74) is 0.00891. The lowest BCUT2D eigenvalue weighted by Crippen LogP contribution is -2.22. The zero-order valence-corrected chi connectivity index (χ0v) is 7.02. The minimum absolute atomic E-state index is 0.419. The van der Waals surface area contributed by atoms with Crippen LogP contribution in [0.15, 0.2) is 18.6 Å². The third-order valence-electron chi connectivity index (χ3n) is 1.54. The smallest absolute Gasteiger partial charge is 0.294 e. The number of hydrogen-bond acceptors (Lipinski definition) is 4. The number of hydrogen-bond donors (Lipinski definition) is 0. The van der Waals surface area contributed by atoms with Gasteiger partial charge in [0.1, 0.15) is 11.9 Å². The highest BCUT2D eigenvalue weighted by molar-refractivity contribution is 5.39. The van der Waals surface area contributed by atoms with Crippen molar-refractivity contribution in [2.24, 2.45) is 0 Å². The Kier molecular flexibility index (Phi) is 2.38. The van der Waals surface area contributed by atoms with Crippen molar-refractivity contribution in [3.8, 4) is 0 Å². The summed E-state index contributed by atoms with van der Waals surface area (Å²) in [4.78, 5) is 17.9. The molecule has 0 amide bonds. The fourth-order valence-electron chi connectivity index (χ4n) is 0.827. The van der Waals surface area contributed by atoms with Gasteiger partial charge in [0.2, 0.25) is 0 Å². The molecule has 0 aliphatic rings. The van der Waals surface area contributed by atoms with Gasteiger partial charge in [-0.05, 0) is 19.9 Å². The van der Waals surface area contributed by atoms with Gasteiger partial charge >= 0.3 is 0 Å². The number of carbonyl (C=O) groups is 1. The zero-order chi connectivity index (χ0) is 9.03. The molecule has 1 rings (SSSR count). The molecule has 0 aromatic carbocycles. The highest BCUT2D eigenvalue weighted by Crippen LogP contribution is 2.20. The zero-order valence-electron chi connectivity index (χ0n) is 7.02. The van der Waals surface area contributed by atoms with E-state index in [1.54, 1.807) is 26.1 Å². The molecule has 0 aliphatic heterocycles. The first-order valence-electron chi connectivity index (χ1n) is 3.55. The quantitative estimate of drug-likeness (QED) is 0.625. The van der Waals surface area contributed by atoms with Gasteiger partial charge in [0.05, 0.1) is 5.69 Å². The Bertz CT molecular complexity index is 259. The summed E-state index contributed by atoms with van der Waals surface area (Å²) >= 11 is 0. The average molecular weight is 166 g/mol. The Labute approximate surface area is 70.6 Å². The summed E-state index contributed by atoms with van der Waals surface area (Å²) in [7, 11) is 0. The van der Waals surface area contributed by atoms with E-state index in [0.29, 0.717) is 12.2 Å². The van der Waals surface area contributed by atoms with E-state index in [-0.39, 0.29) is 0 Å². The van der Waals surface area contributed by atoms with Crippen LogP contribution in [0.4, 0.5) is 0 Å². The normalized spacial score (nSPS) is 10.8. The third kappa shape index (κ3) is 1.78. The van der Waals surface area contributed by atoms with Crippen molar-refractivity contribution in [3.05, 3.63) is 24.3 Å². The summed E-state index contributed by atoms with van der Waals surface area (Å²) in [6.07, 6.45) is 3.03. The van der Waals surface area contributed by atoms with Crippen LogP contribution in [0.3, 0.4) is 0 Å². The Morgan fingerprint density at radius 2 is 2.33 bits per heavy atom. The molecule has 0 fully saturated rings. The molecule has 4 nitrogen and oxygen atoms in total.